The van der Waals surface area contributed by atoms with Crippen LogP contribution in [0.15, 0.2) is 18.2 Å². The molecule has 0 fully saturated rings. The van der Waals surface area contributed by atoms with Crippen LogP contribution in [0.2, 0.25) is 0 Å². The number of alkyl halides is 3. The van der Waals surface area contributed by atoms with E-state index in [-0.39, 0.29) is 11.2 Å². The Labute approximate surface area is 142 Å². The monoisotopic (exact) mass is 357 g/mol. The van der Waals surface area contributed by atoms with Crippen LogP contribution in [0, 0.1) is 0 Å². The third-order valence-corrected chi connectivity index (χ3v) is 3.50. The minimum atomic E-state index is -4.75. The zero-order valence-corrected chi connectivity index (χ0v) is 14.4. The molecule has 0 amide bonds. The van der Waals surface area contributed by atoms with Crippen molar-refractivity contribution in [1.82, 2.24) is 4.57 Å². The number of hydrogen-bond acceptors (Lipinski definition) is 4. The number of esters is 2. The van der Waals surface area contributed by atoms with E-state index in [1.54, 1.807) is 20.8 Å². The number of rotatable bonds is 2. The predicted octanol–water partition coefficient (Wildman–Crippen LogP) is 3.94. The van der Waals surface area contributed by atoms with Gasteiger partial charge in [0.1, 0.15) is 11.3 Å². The highest BCUT2D eigenvalue weighted by Gasteiger charge is 2.37. The van der Waals surface area contributed by atoms with Gasteiger partial charge in [0, 0.05) is 18.0 Å². The molecular formula is C17H18F3NO4. The molecule has 2 rings (SSSR count). The van der Waals surface area contributed by atoms with Gasteiger partial charge in [0.05, 0.1) is 18.2 Å². The number of hydrogen-bond donors (Lipinski definition) is 0. The standard InChI is InChI=1S/C17H18F3NO4/c1-16(2,3)25-14(22)10-6-9-7-13(15(23)24-5)21(4)12(9)8-11(10)17(18,19)20/h6-8H,1-5H3. The quantitative estimate of drug-likeness (QED) is 0.764. The summed E-state index contributed by atoms with van der Waals surface area (Å²) in [5.41, 5.74) is -2.43. The van der Waals surface area contributed by atoms with E-state index < -0.39 is 34.8 Å². The fourth-order valence-corrected chi connectivity index (χ4v) is 2.42. The van der Waals surface area contributed by atoms with Gasteiger partial charge in [-0.3, -0.25) is 0 Å². The highest BCUT2D eigenvalue weighted by atomic mass is 19.4. The summed E-state index contributed by atoms with van der Waals surface area (Å²) < 4.78 is 51.3. The van der Waals surface area contributed by atoms with Crippen LogP contribution in [0.1, 0.15) is 47.2 Å². The summed E-state index contributed by atoms with van der Waals surface area (Å²) in [6.45, 7) is 4.69. The van der Waals surface area contributed by atoms with E-state index in [0.717, 1.165) is 12.1 Å². The highest BCUT2D eigenvalue weighted by molar-refractivity contribution is 6.00. The molecule has 0 saturated heterocycles. The Kier molecular flexibility index (Phi) is 4.59. The molecule has 0 radical (unpaired) electrons. The highest BCUT2D eigenvalue weighted by Crippen LogP contribution is 2.36. The lowest BCUT2D eigenvalue weighted by molar-refractivity contribution is -0.138. The molecule has 0 N–H and O–H groups in total. The number of ether oxygens (including phenoxy) is 2. The first-order valence-corrected chi connectivity index (χ1v) is 7.37. The second kappa shape index (κ2) is 6.09. The lowest BCUT2D eigenvalue weighted by atomic mass is 10.0. The van der Waals surface area contributed by atoms with E-state index in [2.05, 4.69) is 4.74 Å². The molecular weight excluding hydrogens is 339 g/mol. The van der Waals surface area contributed by atoms with E-state index in [0.29, 0.717) is 5.39 Å². The molecule has 0 bridgehead atoms. The van der Waals surface area contributed by atoms with Gasteiger partial charge in [-0.2, -0.15) is 13.2 Å². The van der Waals surface area contributed by atoms with Crippen LogP contribution in [-0.4, -0.2) is 29.2 Å². The van der Waals surface area contributed by atoms with Crippen LogP contribution in [0.25, 0.3) is 10.9 Å². The van der Waals surface area contributed by atoms with Crippen LogP contribution in [0.4, 0.5) is 13.2 Å². The SMILES string of the molecule is COC(=O)c1cc2cc(C(=O)OC(C)(C)C)c(C(F)(F)F)cc2n1C. The maximum Gasteiger partial charge on any atom is 0.417 e. The fraction of sp³-hybridized carbons (Fsp3) is 0.412. The lowest BCUT2D eigenvalue weighted by Gasteiger charge is -2.21. The van der Waals surface area contributed by atoms with Gasteiger partial charge in [-0.15, -0.1) is 0 Å². The predicted molar refractivity (Wildman–Crippen MR) is 84.4 cm³/mol. The number of aromatic nitrogens is 1. The normalized spacial score (nSPS) is 12.3. The average Bonchev–Trinajstić information content (AvgIpc) is 2.79. The average molecular weight is 357 g/mol. The van der Waals surface area contributed by atoms with Crippen molar-refractivity contribution < 1.29 is 32.2 Å². The van der Waals surface area contributed by atoms with Crippen LogP contribution < -0.4 is 0 Å². The number of aryl methyl sites for hydroxylation is 1. The van der Waals surface area contributed by atoms with Gasteiger partial charge in [-0.25, -0.2) is 9.59 Å². The van der Waals surface area contributed by atoms with E-state index in [9.17, 15) is 22.8 Å². The zero-order valence-electron chi connectivity index (χ0n) is 14.4. The summed E-state index contributed by atoms with van der Waals surface area (Å²) in [5, 5.41) is 0.303. The van der Waals surface area contributed by atoms with E-state index in [4.69, 9.17) is 4.74 Å². The van der Waals surface area contributed by atoms with Crippen molar-refractivity contribution in [3.63, 3.8) is 0 Å². The van der Waals surface area contributed by atoms with Crippen molar-refractivity contribution >= 4 is 22.8 Å². The second-order valence-corrected chi connectivity index (χ2v) is 6.54. The largest absolute Gasteiger partial charge is 0.464 e. The Morgan fingerprint density at radius 1 is 1.04 bits per heavy atom. The zero-order chi connectivity index (χ0) is 19.2. The van der Waals surface area contributed by atoms with Crippen molar-refractivity contribution in [2.24, 2.45) is 7.05 Å². The molecule has 8 heteroatoms. The minimum absolute atomic E-state index is 0.0759. The van der Waals surface area contributed by atoms with Gasteiger partial charge in [0.2, 0.25) is 0 Å². The molecule has 1 heterocycles. The van der Waals surface area contributed by atoms with Crippen molar-refractivity contribution in [1.29, 1.82) is 0 Å². The van der Waals surface area contributed by atoms with Gasteiger partial charge in [-0.05, 0) is 39.0 Å². The van der Waals surface area contributed by atoms with Gasteiger partial charge < -0.3 is 14.0 Å². The molecule has 1 aromatic carbocycles. The summed E-state index contributed by atoms with van der Waals surface area (Å²) in [4.78, 5) is 24.0. The molecule has 0 aliphatic heterocycles. The Balaban J connectivity index is 2.72. The first-order chi connectivity index (χ1) is 11.3. The molecule has 0 atom stereocenters. The van der Waals surface area contributed by atoms with Gasteiger partial charge in [0.25, 0.3) is 0 Å². The van der Waals surface area contributed by atoms with Crippen molar-refractivity contribution in [3.05, 3.63) is 35.0 Å². The summed E-state index contributed by atoms with van der Waals surface area (Å²) >= 11 is 0. The van der Waals surface area contributed by atoms with Crippen LogP contribution in [-0.2, 0) is 22.7 Å². The Bertz CT molecular complexity index is 844. The van der Waals surface area contributed by atoms with Crippen LogP contribution in [0.5, 0.6) is 0 Å². The molecule has 0 spiro atoms. The number of carbonyl (C=O) groups excluding carboxylic acids is 2. The fourth-order valence-electron chi connectivity index (χ4n) is 2.42. The molecule has 2 aromatic rings. The van der Waals surface area contributed by atoms with Crippen molar-refractivity contribution in [3.8, 4) is 0 Å². The summed E-state index contributed by atoms with van der Waals surface area (Å²) in [5.74, 6) is -1.77. The number of benzene rings is 1. The van der Waals surface area contributed by atoms with E-state index >= 15 is 0 Å². The molecule has 0 aliphatic carbocycles. The van der Waals surface area contributed by atoms with Crippen LogP contribution in [0.3, 0.4) is 0 Å². The Hall–Kier alpha value is -2.51. The maximum atomic E-state index is 13.4. The third kappa shape index (κ3) is 3.78. The first kappa shape index (κ1) is 18.8. The van der Waals surface area contributed by atoms with Gasteiger partial charge >= 0.3 is 18.1 Å². The number of fused-ring (bicyclic) bond motifs is 1. The molecule has 0 unspecified atom stereocenters. The van der Waals surface area contributed by atoms with E-state index in [1.807, 2.05) is 0 Å². The smallest absolute Gasteiger partial charge is 0.417 e. The molecule has 5 nitrogen and oxygen atoms in total. The minimum Gasteiger partial charge on any atom is -0.464 e. The van der Waals surface area contributed by atoms with Crippen LogP contribution >= 0.6 is 0 Å². The molecule has 136 valence electrons. The number of carbonyl (C=O) groups is 2. The first-order valence-electron chi connectivity index (χ1n) is 7.37. The Morgan fingerprint density at radius 2 is 1.64 bits per heavy atom. The maximum absolute atomic E-state index is 13.4. The van der Waals surface area contributed by atoms with Gasteiger partial charge in [0.15, 0.2) is 0 Å². The topological polar surface area (TPSA) is 57.5 Å². The van der Waals surface area contributed by atoms with E-state index in [1.165, 1.54) is 24.8 Å². The summed E-state index contributed by atoms with van der Waals surface area (Å²) in [7, 11) is 2.62. The molecule has 0 aliphatic rings. The molecule has 25 heavy (non-hydrogen) atoms. The third-order valence-electron chi connectivity index (χ3n) is 3.50. The molecule has 1 aromatic heterocycles. The van der Waals surface area contributed by atoms with Crippen molar-refractivity contribution in [2.75, 3.05) is 7.11 Å². The number of halogens is 3. The molecule has 0 saturated carbocycles. The summed E-state index contributed by atoms with van der Waals surface area (Å²) in [6, 6.07) is 3.29. The summed E-state index contributed by atoms with van der Waals surface area (Å²) in [6.07, 6.45) is -4.75. The lowest BCUT2D eigenvalue weighted by Crippen LogP contribution is -2.25. The van der Waals surface area contributed by atoms with Gasteiger partial charge in [-0.1, -0.05) is 0 Å². The van der Waals surface area contributed by atoms with Crippen molar-refractivity contribution in [2.45, 2.75) is 32.5 Å². The number of nitrogens with zero attached hydrogens (tertiary/aromatic N) is 1. The Morgan fingerprint density at radius 3 is 2.12 bits per heavy atom. The number of methoxy groups -OCH3 is 1. The second-order valence-electron chi connectivity index (χ2n) is 6.54.